The van der Waals surface area contributed by atoms with Crippen molar-refractivity contribution < 1.29 is 19.2 Å². The molecule has 184 valence electrons. The van der Waals surface area contributed by atoms with Crippen LogP contribution in [0.15, 0.2) is 30.5 Å². The molecule has 1 aromatic carbocycles. The quantitative estimate of drug-likeness (QED) is 0.333. The first kappa shape index (κ1) is 25.2. The number of fused-ring (bicyclic) bond motifs is 1. The average molecular weight is 471 g/mol. The molecule has 10 heteroatoms. The van der Waals surface area contributed by atoms with E-state index in [9.17, 15) is 19.2 Å². The van der Waals surface area contributed by atoms with Crippen LogP contribution in [-0.2, 0) is 25.6 Å². The Balaban J connectivity index is 1.80. The van der Waals surface area contributed by atoms with E-state index in [2.05, 4.69) is 26.3 Å². The number of unbranched alkanes of at least 4 members (excludes halogenated alkanes) is 1. The lowest BCUT2D eigenvalue weighted by Crippen LogP contribution is -2.51. The molecule has 1 fully saturated rings. The van der Waals surface area contributed by atoms with Crippen molar-refractivity contribution in [3.8, 4) is 0 Å². The SMILES string of the molecule is NCCCC[C@@H]1NC(=O)CCNC(=O)CCNC(=O)C[C@H](Cc2c[nH]c3ccccc23)NC1=O. The maximum atomic E-state index is 13.2. The molecule has 0 bridgehead atoms. The molecule has 1 saturated heterocycles. The topological polar surface area (TPSA) is 158 Å². The van der Waals surface area contributed by atoms with E-state index in [1.54, 1.807) is 0 Å². The number of rotatable bonds is 6. The third-order valence-corrected chi connectivity index (χ3v) is 5.87. The lowest BCUT2D eigenvalue weighted by Gasteiger charge is -2.23. The Labute approximate surface area is 198 Å². The van der Waals surface area contributed by atoms with Gasteiger partial charge in [0.1, 0.15) is 6.04 Å². The summed E-state index contributed by atoms with van der Waals surface area (Å²) in [5.41, 5.74) is 7.55. The molecule has 1 aromatic heterocycles. The van der Waals surface area contributed by atoms with Gasteiger partial charge in [0, 0.05) is 55.5 Å². The zero-order chi connectivity index (χ0) is 24.3. The van der Waals surface area contributed by atoms with Crippen molar-refractivity contribution in [2.75, 3.05) is 19.6 Å². The molecule has 1 aliphatic heterocycles. The van der Waals surface area contributed by atoms with Gasteiger partial charge in [-0.15, -0.1) is 0 Å². The van der Waals surface area contributed by atoms with E-state index in [1.165, 1.54) is 0 Å². The predicted molar refractivity (Wildman–Crippen MR) is 129 cm³/mol. The van der Waals surface area contributed by atoms with Crippen LogP contribution in [0.25, 0.3) is 10.9 Å². The standard InChI is InChI=1S/C24H34N6O4/c25-10-4-3-7-20-24(34)29-17(13-16-15-28-19-6-2-1-5-18(16)19)14-23(33)27-11-8-21(31)26-12-9-22(32)30-20/h1-2,5-6,15,17,20,28H,3-4,7-14,25H2,(H,26,31)(H,27,33)(H,29,34)(H,30,32)/t17-,20-/m0/s1. The van der Waals surface area contributed by atoms with E-state index in [0.717, 1.165) is 22.9 Å². The Morgan fingerprint density at radius 2 is 1.62 bits per heavy atom. The number of amides is 4. The Hall–Kier alpha value is -3.40. The second-order valence-electron chi connectivity index (χ2n) is 8.58. The van der Waals surface area contributed by atoms with Crippen molar-refractivity contribution >= 4 is 34.5 Å². The van der Waals surface area contributed by atoms with Gasteiger partial charge in [-0.2, -0.15) is 0 Å². The van der Waals surface area contributed by atoms with Crippen LogP contribution < -0.4 is 27.0 Å². The summed E-state index contributed by atoms with van der Waals surface area (Å²) in [6.45, 7) is 0.850. The third-order valence-electron chi connectivity index (χ3n) is 5.87. The highest BCUT2D eigenvalue weighted by molar-refractivity contribution is 5.89. The van der Waals surface area contributed by atoms with Crippen molar-refractivity contribution in [1.29, 1.82) is 0 Å². The number of hydrogen-bond acceptors (Lipinski definition) is 5. The van der Waals surface area contributed by atoms with Crippen LogP contribution in [0.4, 0.5) is 0 Å². The maximum absolute atomic E-state index is 13.2. The Morgan fingerprint density at radius 1 is 0.882 bits per heavy atom. The highest BCUT2D eigenvalue weighted by Crippen LogP contribution is 2.20. The van der Waals surface area contributed by atoms with Crippen LogP contribution in [0.5, 0.6) is 0 Å². The van der Waals surface area contributed by atoms with Gasteiger partial charge in [-0.1, -0.05) is 18.2 Å². The minimum Gasteiger partial charge on any atom is -0.361 e. The number of carbonyl (C=O) groups is 4. The molecule has 0 radical (unpaired) electrons. The number of benzene rings is 1. The highest BCUT2D eigenvalue weighted by atomic mass is 16.2. The summed E-state index contributed by atoms with van der Waals surface area (Å²) in [5, 5.41) is 12.2. The van der Waals surface area contributed by atoms with Gasteiger partial charge in [0.25, 0.3) is 0 Å². The molecule has 1 aliphatic rings. The van der Waals surface area contributed by atoms with E-state index in [-0.39, 0.29) is 56.0 Å². The van der Waals surface area contributed by atoms with Crippen LogP contribution in [0, 0.1) is 0 Å². The summed E-state index contributed by atoms with van der Waals surface area (Å²) >= 11 is 0. The summed E-state index contributed by atoms with van der Waals surface area (Å²) in [4.78, 5) is 53.4. The van der Waals surface area contributed by atoms with E-state index in [4.69, 9.17) is 5.73 Å². The van der Waals surface area contributed by atoms with Gasteiger partial charge in [0.05, 0.1) is 0 Å². The normalized spacial score (nSPS) is 21.1. The maximum Gasteiger partial charge on any atom is 0.242 e. The molecule has 2 heterocycles. The fourth-order valence-corrected chi connectivity index (χ4v) is 4.09. The largest absolute Gasteiger partial charge is 0.361 e. The average Bonchev–Trinajstić information content (AvgIpc) is 3.20. The molecule has 0 saturated carbocycles. The molecule has 0 unspecified atom stereocenters. The molecule has 10 nitrogen and oxygen atoms in total. The summed E-state index contributed by atoms with van der Waals surface area (Å²) < 4.78 is 0. The van der Waals surface area contributed by atoms with Gasteiger partial charge in [0.15, 0.2) is 0 Å². The molecule has 4 amide bonds. The van der Waals surface area contributed by atoms with Gasteiger partial charge in [0.2, 0.25) is 23.6 Å². The molecule has 34 heavy (non-hydrogen) atoms. The minimum absolute atomic E-state index is 0.0519. The number of nitrogens with two attached hydrogens (primary N) is 1. The lowest BCUT2D eigenvalue weighted by atomic mass is 10.0. The van der Waals surface area contributed by atoms with Gasteiger partial charge >= 0.3 is 0 Å². The first-order valence-corrected chi connectivity index (χ1v) is 11.8. The second-order valence-corrected chi connectivity index (χ2v) is 8.58. The van der Waals surface area contributed by atoms with Crippen molar-refractivity contribution in [3.05, 3.63) is 36.0 Å². The number of nitrogens with one attached hydrogen (secondary N) is 5. The summed E-state index contributed by atoms with van der Waals surface area (Å²) in [6, 6.07) is 6.61. The molecular formula is C24H34N6O4. The van der Waals surface area contributed by atoms with Crippen LogP contribution in [0.3, 0.4) is 0 Å². The van der Waals surface area contributed by atoms with Crippen molar-refractivity contribution in [2.45, 2.75) is 57.0 Å². The lowest BCUT2D eigenvalue weighted by molar-refractivity contribution is -0.130. The molecule has 0 spiro atoms. The van der Waals surface area contributed by atoms with Crippen molar-refractivity contribution in [3.63, 3.8) is 0 Å². The number of aromatic nitrogens is 1. The zero-order valence-corrected chi connectivity index (χ0v) is 19.3. The van der Waals surface area contributed by atoms with E-state index >= 15 is 0 Å². The monoisotopic (exact) mass is 470 g/mol. The predicted octanol–water partition coefficient (Wildman–Crippen LogP) is 0.225. The van der Waals surface area contributed by atoms with Gasteiger partial charge in [-0.25, -0.2) is 0 Å². The van der Waals surface area contributed by atoms with Crippen LogP contribution in [0.2, 0.25) is 0 Å². The third kappa shape index (κ3) is 7.58. The van der Waals surface area contributed by atoms with E-state index in [1.807, 2.05) is 30.5 Å². The number of aromatic amines is 1. The summed E-state index contributed by atoms with van der Waals surface area (Å²) in [7, 11) is 0. The van der Waals surface area contributed by atoms with Gasteiger partial charge in [-0.3, -0.25) is 19.2 Å². The molecule has 3 rings (SSSR count). The first-order valence-electron chi connectivity index (χ1n) is 11.8. The Kier molecular flexibility index (Phi) is 9.45. The van der Waals surface area contributed by atoms with Crippen LogP contribution in [-0.4, -0.2) is 60.3 Å². The molecule has 2 atom stereocenters. The summed E-state index contributed by atoms with van der Waals surface area (Å²) in [6.07, 6.45) is 4.41. The van der Waals surface area contributed by atoms with Crippen LogP contribution >= 0.6 is 0 Å². The fraction of sp³-hybridized carbons (Fsp3) is 0.500. The van der Waals surface area contributed by atoms with Gasteiger partial charge < -0.3 is 32.0 Å². The van der Waals surface area contributed by atoms with Crippen LogP contribution in [0.1, 0.15) is 44.1 Å². The van der Waals surface area contributed by atoms with E-state index < -0.39 is 12.1 Å². The first-order chi connectivity index (χ1) is 16.5. The molecule has 2 aromatic rings. The number of para-hydroxylation sites is 1. The van der Waals surface area contributed by atoms with Gasteiger partial charge in [-0.05, 0) is 43.9 Å². The summed E-state index contributed by atoms with van der Waals surface area (Å²) in [5.74, 6) is -1.14. The highest BCUT2D eigenvalue weighted by Gasteiger charge is 2.25. The fourth-order valence-electron chi connectivity index (χ4n) is 4.09. The number of hydrogen-bond donors (Lipinski definition) is 6. The molecule has 7 N–H and O–H groups in total. The van der Waals surface area contributed by atoms with Crippen molar-refractivity contribution in [2.24, 2.45) is 5.73 Å². The number of H-pyrrole nitrogens is 1. The minimum atomic E-state index is -0.742. The van der Waals surface area contributed by atoms with Crippen molar-refractivity contribution in [1.82, 2.24) is 26.3 Å². The smallest absolute Gasteiger partial charge is 0.242 e. The number of carbonyl (C=O) groups excluding carboxylic acids is 4. The Morgan fingerprint density at radius 3 is 2.41 bits per heavy atom. The zero-order valence-electron chi connectivity index (χ0n) is 19.3. The molecule has 0 aliphatic carbocycles. The molecular weight excluding hydrogens is 436 g/mol. The Bertz CT molecular complexity index is 1000. The second kappa shape index (κ2) is 12.7. The van der Waals surface area contributed by atoms with E-state index in [0.29, 0.717) is 25.8 Å².